The van der Waals surface area contributed by atoms with Crippen LogP contribution in [0.25, 0.3) is 0 Å². The fourth-order valence-electron chi connectivity index (χ4n) is 4.22. The van der Waals surface area contributed by atoms with Gasteiger partial charge in [-0.1, -0.05) is 30.3 Å². The Kier molecular flexibility index (Phi) is 2.27. The molecule has 3 fully saturated rings. The van der Waals surface area contributed by atoms with Crippen LogP contribution in [0.15, 0.2) is 30.3 Å². The van der Waals surface area contributed by atoms with Gasteiger partial charge < -0.3 is 5.32 Å². The third-order valence-electron chi connectivity index (χ3n) is 4.96. The summed E-state index contributed by atoms with van der Waals surface area (Å²) < 4.78 is 0. The maximum absolute atomic E-state index is 3.83. The van der Waals surface area contributed by atoms with Crippen LogP contribution in [0.1, 0.15) is 31.2 Å². The van der Waals surface area contributed by atoms with E-state index in [4.69, 9.17) is 0 Å². The normalized spacial score (nSPS) is 39.8. The SMILES string of the molecule is c1ccc(CN2C3CCC2C2CCC3N2)cc1. The Morgan fingerprint density at radius 3 is 2.24 bits per heavy atom. The van der Waals surface area contributed by atoms with Gasteiger partial charge in [-0.25, -0.2) is 0 Å². The molecule has 90 valence electrons. The van der Waals surface area contributed by atoms with E-state index >= 15 is 0 Å². The summed E-state index contributed by atoms with van der Waals surface area (Å²) in [6.07, 6.45) is 5.62. The minimum absolute atomic E-state index is 0.780. The highest BCUT2D eigenvalue weighted by Gasteiger charge is 2.49. The van der Waals surface area contributed by atoms with Crippen LogP contribution in [0.4, 0.5) is 0 Å². The lowest BCUT2D eigenvalue weighted by molar-refractivity contribution is 0.104. The van der Waals surface area contributed by atoms with Crippen molar-refractivity contribution in [3.8, 4) is 0 Å². The predicted molar refractivity (Wildman–Crippen MR) is 68.7 cm³/mol. The van der Waals surface area contributed by atoms with Gasteiger partial charge in [0.05, 0.1) is 0 Å². The summed E-state index contributed by atoms with van der Waals surface area (Å²) in [5.74, 6) is 0. The van der Waals surface area contributed by atoms with E-state index in [9.17, 15) is 0 Å². The van der Waals surface area contributed by atoms with Gasteiger partial charge in [0.2, 0.25) is 0 Å². The second-order valence-corrected chi connectivity index (χ2v) is 5.83. The van der Waals surface area contributed by atoms with E-state index in [0.717, 1.165) is 30.7 Å². The lowest BCUT2D eigenvalue weighted by Gasteiger charge is -2.40. The van der Waals surface area contributed by atoms with Gasteiger partial charge in [0.25, 0.3) is 0 Å². The van der Waals surface area contributed by atoms with E-state index in [1.807, 2.05) is 0 Å². The molecule has 4 unspecified atom stereocenters. The second kappa shape index (κ2) is 3.82. The Labute approximate surface area is 103 Å². The van der Waals surface area contributed by atoms with Crippen molar-refractivity contribution in [1.82, 2.24) is 10.2 Å². The molecule has 3 aliphatic heterocycles. The molecule has 4 bridgehead atoms. The topological polar surface area (TPSA) is 15.3 Å². The first-order chi connectivity index (χ1) is 8.42. The lowest BCUT2D eigenvalue weighted by atomic mass is 10.0. The summed E-state index contributed by atoms with van der Waals surface area (Å²) in [7, 11) is 0. The maximum Gasteiger partial charge on any atom is 0.0257 e. The summed E-state index contributed by atoms with van der Waals surface area (Å²) in [5.41, 5.74) is 1.48. The standard InChI is InChI=1S/C15H20N2/c1-2-4-11(5-3-1)10-17-14-8-9-15(17)13-7-6-12(14)16-13/h1-5,12-16H,6-10H2. The molecular formula is C15H20N2. The first kappa shape index (κ1) is 10.1. The van der Waals surface area contributed by atoms with Crippen LogP contribution in [0.2, 0.25) is 0 Å². The van der Waals surface area contributed by atoms with E-state index in [0.29, 0.717) is 0 Å². The Morgan fingerprint density at radius 2 is 1.59 bits per heavy atom. The van der Waals surface area contributed by atoms with Crippen molar-refractivity contribution in [2.45, 2.75) is 56.4 Å². The Hall–Kier alpha value is -0.860. The molecule has 1 aromatic rings. The highest BCUT2D eigenvalue weighted by atomic mass is 15.3. The molecule has 1 N–H and O–H groups in total. The summed E-state index contributed by atoms with van der Waals surface area (Å²) in [4.78, 5) is 2.79. The quantitative estimate of drug-likeness (QED) is 0.834. The number of hydrogen-bond acceptors (Lipinski definition) is 2. The van der Waals surface area contributed by atoms with Crippen molar-refractivity contribution >= 4 is 0 Å². The number of rotatable bonds is 2. The Bertz CT molecular complexity index is 385. The summed E-state index contributed by atoms with van der Waals surface area (Å²) in [6, 6.07) is 14.1. The number of piperazine rings is 1. The van der Waals surface area contributed by atoms with Gasteiger partial charge in [-0.05, 0) is 31.2 Å². The summed E-state index contributed by atoms with van der Waals surface area (Å²) in [6.45, 7) is 1.16. The largest absolute Gasteiger partial charge is 0.308 e. The first-order valence-corrected chi connectivity index (χ1v) is 6.97. The van der Waals surface area contributed by atoms with Gasteiger partial charge in [0, 0.05) is 30.7 Å². The highest BCUT2D eigenvalue weighted by molar-refractivity contribution is 5.17. The van der Waals surface area contributed by atoms with Gasteiger partial charge in [-0.15, -0.1) is 0 Å². The predicted octanol–water partition coefficient (Wildman–Crippen LogP) is 2.15. The van der Waals surface area contributed by atoms with Crippen LogP contribution < -0.4 is 5.32 Å². The van der Waals surface area contributed by atoms with Crippen molar-refractivity contribution in [3.63, 3.8) is 0 Å². The zero-order valence-electron chi connectivity index (χ0n) is 10.2. The third kappa shape index (κ3) is 1.54. The third-order valence-corrected chi connectivity index (χ3v) is 4.96. The van der Waals surface area contributed by atoms with Gasteiger partial charge in [-0.3, -0.25) is 4.90 Å². The number of hydrogen-bond donors (Lipinski definition) is 1. The zero-order valence-corrected chi connectivity index (χ0v) is 10.2. The van der Waals surface area contributed by atoms with Crippen molar-refractivity contribution in [3.05, 3.63) is 35.9 Å². The molecule has 3 aliphatic rings. The van der Waals surface area contributed by atoms with Crippen LogP contribution in [0.3, 0.4) is 0 Å². The average molecular weight is 228 g/mol. The van der Waals surface area contributed by atoms with E-state index in [2.05, 4.69) is 40.5 Å². The molecule has 0 amide bonds. The lowest BCUT2D eigenvalue weighted by Crippen LogP contribution is -2.57. The van der Waals surface area contributed by atoms with Crippen LogP contribution in [0.5, 0.6) is 0 Å². The zero-order chi connectivity index (χ0) is 11.2. The van der Waals surface area contributed by atoms with Gasteiger partial charge >= 0.3 is 0 Å². The molecule has 4 rings (SSSR count). The van der Waals surface area contributed by atoms with Gasteiger partial charge in [0.1, 0.15) is 0 Å². The average Bonchev–Trinajstić information content (AvgIpc) is 2.87. The van der Waals surface area contributed by atoms with Crippen LogP contribution in [-0.4, -0.2) is 29.1 Å². The van der Waals surface area contributed by atoms with Crippen LogP contribution >= 0.6 is 0 Å². The molecule has 2 nitrogen and oxygen atoms in total. The van der Waals surface area contributed by atoms with Crippen molar-refractivity contribution in [1.29, 1.82) is 0 Å². The van der Waals surface area contributed by atoms with E-state index in [1.54, 1.807) is 0 Å². The second-order valence-electron chi connectivity index (χ2n) is 5.83. The molecule has 1 aromatic carbocycles. The molecule has 0 saturated carbocycles. The first-order valence-electron chi connectivity index (χ1n) is 6.97. The molecule has 17 heavy (non-hydrogen) atoms. The van der Waals surface area contributed by atoms with Crippen LogP contribution in [-0.2, 0) is 6.54 Å². The molecule has 0 aromatic heterocycles. The fourth-order valence-corrected chi connectivity index (χ4v) is 4.22. The number of benzene rings is 1. The van der Waals surface area contributed by atoms with Gasteiger partial charge in [0.15, 0.2) is 0 Å². The van der Waals surface area contributed by atoms with E-state index in [-0.39, 0.29) is 0 Å². The number of nitrogens with zero attached hydrogens (tertiary/aromatic N) is 1. The van der Waals surface area contributed by atoms with E-state index in [1.165, 1.54) is 31.2 Å². The highest BCUT2D eigenvalue weighted by Crippen LogP contribution is 2.40. The molecule has 0 aliphatic carbocycles. The molecular weight excluding hydrogens is 208 g/mol. The molecule has 0 radical (unpaired) electrons. The summed E-state index contributed by atoms with van der Waals surface area (Å²) in [5, 5.41) is 3.83. The molecule has 3 heterocycles. The molecule has 0 spiro atoms. The fraction of sp³-hybridized carbons (Fsp3) is 0.600. The monoisotopic (exact) mass is 228 g/mol. The molecule has 4 atom stereocenters. The minimum atomic E-state index is 0.780. The minimum Gasteiger partial charge on any atom is -0.308 e. The Balaban J connectivity index is 1.59. The Morgan fingerprint density at radius 1 is 0.941 bits per heavy atom. The number of nitrogens with one attached hydrogen (secondary N) is 1. The molecule has 2 heteroatoms. The van der Waals surface area contributed by atoms with Gasteiger partial charge in [-0.2, -0.15) is 0 Å². The van der Waals surface area contributed by atoms with Crippen molar-refractivity contribution < 1.29 is 0 Å². The molecule has 3 saturated heterocycles. The van der Waals surface area contributed by atoms with E-state index < -0.39 is 0 Å². The maximum atomic E-state index is 3.83. The number of fused-ring (bicyclic) bond motifs is 6. The smallest absolute Gasteiger partial charge is 0.0257 e. The van der Waals surface area contributed by atoms with Crippen molar-refractivity contribution in [2.75, 3.05) is 0 Å². The van der Waals surface area contributed by atoms with Crippen molar-refractivity contribution in [2.24, 2.45) is 0 Å². The van der Waals surface area contributed by atoms with Crippen LogP contribution in [0, 0.1) is 0 Å². The summed E-state index contributed by atoms with van der Waals surface area (Å²) >= 11 is 0.